The van der Waals surface area contributed by atoms with Crippen molar-refractivity contribution in [1.29, 1.82) is 0 Å². The molecule has 20 heavy (non-hydrogen) atoms. The number of benzene rings is 2. The highest BCUT2D eigenvalue weighted by Crippen LogP contribution is 2.18. The molecule has 0 radical (unpaired) electrons. The van der Waals surface area contributed by atoms with Crippen LogP contribution in [0.15, 0.2) is 53.0 Å². The molecule has 0 fully saturated rings. The van der Waals surface area contributed by atoms with E-state index in [0.717, 1.165) is 10.9 Å². The van der Waals surface area contributed by atoms with Gasteiger partial charge in [0.1, 0.15) is 0 Å². The van der Waals surface area contributed by atoms with Crippen LogP contribution in [0.1, 0.15) is 22.8 Å². The first-order chi connectivity index (χ1) is 9.56. The Hall–Kier alpha value is -1.81. The minimum atomic E-state index is -0.913. The molecule has 3 nitrogen and oxygen atoms in total. The van der Waals surface area contributed by atoms with Gasteiger partial charge in [-0.05, 0) is 43.2 Å². The fourth-order valence-corrected chi connectivity index (χ4v) is 2.35. The number of hydrogen-bond donors (Lipinski definition) is 2. The average Bonchev–Trinajstić information content (AvgIpc) is 2.41. The van der Waals surface area contributed by atoms with Gasteiger partial charge in [0.2, 0.25) is 0 Å². The topological polar surface area (TPSA) is 49.3 Å². The Balaban J connectivity index is 2.06. The van der Waals surface area contributed by atoms with Crippen molar-refractivity contribution in [3.05, 3.63) is 64.1 Å². The van der Waals surface area contributed by atoms with E-state index in [2.05, 4.69) is 33.4 Å². The fourth-order valence-electron chi connectivity index (χ4n) is 2.09. The molecule has 0 aliphatic heterocycles. The molecular weight excluding hydrogens is 318 g/mol. The van der Waals surface area contributed by atoms with Gasteiger partial charge in [0.15, 0.2) is 0 Å². The monoisotopic (exact) mass is 333 g/mol. The molecule has 0 heterocycles. The second-order valence-corrected chi connectivity index (χ2v) is 5.64. The third kappa shape index (κ3) is 3.84. The Morgan fingerprint density at radius 1 is 1.20 bits per heavy atom. The summed E-state index contributed by atoms with van der Waals surface area (Å²) in [6.07, 6.45) is 0.835. The van der Waals surface area contributed by atoms with Gasteiger partial charge in [-0.15, -0.1) is 0 Å². The van der Waals surface area contributed by atoms with E-state index in [1.54, 1.807) is 18.2 Å². The van der Waals surface area contributed by atoms with E-state index in [-0.39, 0.29) is 6.04 Å². The van der Waals surface area contributed by atoms with Crippen LogP contribution in [0.3, 0.4) is 0 Å². The van der Waals surface area contributed by atoms with Crippen molar-refractivity contribution in [2.45, 2.75) is 19.4 Å². The first-order valence-electron chi connectivity index (χ1n) is 6.39. The van der Waals surface area contributed by atoms with Crippen LogP contribution in [0.2, 0.25) is 0 Å². The van der Waals surface area contributed by atoms with E-state index in [1.165, 1.54) is 5.56 Å². The summed E-state index contributed by atoms with van der Waals surface area (Å²) in [7, 11) is 0. The number of hydrogen-bond acceptors (Lipinski definition) is 2. The highest BCUT2D eigenvalue weighted by molar-refractivity contribution is 9.10. The quantitative estimate of drug-likeness (QED) is 0.862. The first-order valence-corrected chi connectivity index (χ1v) is 7.19. The minimum absolute atomic E-state index is 0.150. The number of halogens is 1. The Morgan fingerprint density at radius 3 is 2.50 bits per heavy atom. The maximum Gasteiger partial charge on any atom is 0.337 e. The van der Waals surface area contributed by atoms with Crippen molar-refractivity contribution in [1.82, 2.24) is 0 Å². The predicted molar refractivity (Wildman–Crippen MR) is 84.3 cm³/mol. The van der Waals surface area contributed by atoms with Crippen LogP contribution in [0, 0.1) is 0 Å². The van der Waals surface area contributed by atoms with Crippen LogP contribution in [-0.2, 0) is 6.42 Å². The van der Waals surface area contributed by atoms with Crippen LogP contribution in [0.4, 0.5) is 5.69 Å². The number of carboxylic acids is 1. The van der Waals surface area contributed by atoms with Crippen molar-refractivity contribution in [3.8, 4) is 0 Å². The lowest BCUT2D eigenvalue weighted by molar-refractivity contribution is 0.0698. The number of rotatable bonds is 5. The third-order valence-corrected chi connectivity index (χ3v) is 3.54. The number of nitrogens with one attached hydrogen (secondary N) is 1. The summed E-state index contributed by atoms with van der Waals surface area (Å²) in [5, 5.41) is 12.4. The molecule has 1 atom stereocenters. The maximum atomic E-state index is 11.2. The molecule has 0 amide bonds. The Morgan fingerprint density at radius 2 is 1.85 bits per heavy atom. The molecule has 0 spiro atoms. The van der Waals surface area contributed by atoms with Gasteiger partial charge in [-0.2, -0.15) is 0 Å². The lowest BCUT2D eigenvalue weighted by Gasteiger charge is -2.17. The van der Waals surface area contributed by atoms with Crippen LogP contribution in [0.5, 0.6) is 0 Å². The molecule has 0 aromatic heterocycles. The molecule has 0 saturated heterocycles. The summed E-state index contributed by atoms with van der Waals surface area (Å²) in [5.41, 5.74) is 2.17. The average molecular weight is 334 g/mol. The first kappa shape index (κ1) is 14.6. The number of carboxylic acid groups (broad SMARTS) is 1. The molecule has 104 valence electrons. The normalized spacial score (nSPS) is 11.9. The summed E-state index contributed by atoms with van der Waals surface area (Å²) in [4.78, 5) is 11.2. The summed E-state index contributed by atoms with van der Waals surface area (Å²) >= 11 is 3.41. The zero-order valence-corrected chi connectivity index (χ0v) is 12.7. The molecular formula is C16H16BrNO2. The SMILES string of the molecule is CC(Cc1ccc(Br)cc1)Nc1ccccc1C(=O)O. The number of anilines is 1. The van der Waals surface area contributed by atoms with Crippen LogP contribution in [0.25, 0.3) is 0 Å². The molecule has 2 aromatic carbocycles. The van der Waals surface area contributed by atoms with E-state index < -0.39 is 5.97 Å². The summed E-state index contributed by atoms with van der Waals surface area (Å²) in [6.45, 7) is 2.04. The van der Waals surface area contributed by atoms with Gasteiger partial charge in [0, 0.05) is 16.2 Å². The second-order valence-electron chi connectivity index (χ2n) is 4.73. The number of aromatic carboxylic acids is 1. The van der Waals surface area contributed by atoms with Gasteiger partial charge < -0.3 is 10.4 Å². The molecule has 0 aliphatic rings. The van der Waals surface area contributed by atoms with E-state index in [0.29, 0.717) is 11.3 Å². The standard InChI is InChI=1S/C16H16BrNO2/c1-11(10-12-6-8-13(17)9-7-12)18-15-5-3-2-4-14(15)16(19)20/h2-9,11,18H,10H2,1H3,(H,19,20). The zero-order chi connectivity index (χ0) is 14.5. The minimum Gasteiger partial charge on any atom is -0.478 e. The largest absolute Gasteiger partial charge is 0.478 e. The lowest BCUT2D eigenvalue weighted by atomic mass is 10.1. The van der Waals surface area contributed by atoms with E-state index in [1.807, 2.05) is 25.1 Å². The van der Waals surface area contributed by atoms with E-state index in [9.17, 15) is 4.79 Å². The fraction of sp³-hybridized carbons (Fsp3) is 0.188. The molecule has 2 N–H and O–H groups in total. The molecule has 4 heteroatoms. The van der Waals surface area contributed by atoms with Crippen molar-refractivity contribution in [2.24, 2.45) is 0 Å². The maximum absolute atomic E-state index is 11.2. The molecule has 0 saturated carbocycles. The Labute approximate surface area is 126 Å². The van der Waals surface area contributed by atoms with Gasteiger partial charge in [-0.1, -0.05) is 40.2 Å². The highest BCUT2D eigenvalue weighted by Gasteiger charge is 2.11. The molecule has 0 bridgehead atoms. The predicted octanol–water partition coefficient (Wildman–Crippen LogP) is 4.19. The number of carbonyl (C=O) groups is 1. The molecule has 2 aromatic rings. The number of para-hydroxylation sites is 1. The van der Waals surface area contributed by atoms with E-state index >= 15 is 0 Å². The van der Waals surface area contributed by atoms with Gasteiger partial charge in [-0.3, -0.25) is 0 Å². The van der Waals surface area contributed by atoms with Crippen molar-refractivity contribution >= 4 is 27.6 Å². The van der Waals surface area contributed by atoms with Crippen molar-refractivity contribution in [2.75, 3.05) is 5.32 Å². The van der Waals surface area contributed by atoms with Gasteiger partial charge >= 0.3 is 5.97 Å². The Bertz CT molecular complexity index is 596. The molecule has 1 unspecified atom stereocenters. The van der Waals surface area contributed by atoms with Crippen LogP contribution >= 0.6 is 15.9 Å². The van der Waals surface area contributed by atoms with Crippen molar-refractivity contribution < 1.29 is 9.90 Å². The molecule has 2 rings (SSSR count). The van der Waals surface area contributed by atoms with Crippen molar-refractivity contribution in [3.63, 3.8) is 0 Å². The smallest absolute Gasteiger partial charge is 0.337 e. The second kappa shape index (κ2) is 6.57. The molecule has 0 aliphatic carbocycles. The van der Waals surface area contributed by atoms with Gasteiger partial charge in [0.25, 0.3) is 0 Å². The summed E-state index contributed by atoms with van der Waals surface area (Å²) < 4.78 is 1.05. The highest BCUT2D eigenvalue weighted by atomic mass is 79.9. The van der Waals surface area contributed by atoms with Crippen LogP contribution < -0.4 is 5.32 Å². The lowest BCUT2D eigenvalue weighted by Crippen LogP contribution is -2.19. The summed E-state index contributed by atoms with van der Waals surface area (Å²) in [6, 6.07) is 15.3. The van der Waals surface area contributed by atoms with Gasteiger partial charge in [-0.25, -0.2) is 4.79 Å². The van der Waals surface area contributed by atoms with E-state index in [4.69, 9.17) is 5.11 Å². The zero-order valence-electron chi connectivity index (χ0n) is 11.1. The Kier molecular flexibility index (Phi) is 4.79. The summed E-state index contributed by atoms with van der Waals surface area (Å²) in [5.74, 6) is -0.913. The third-order valence-electron chi connectivity index (χ3n) is 3.01. The van der Waals surface area contributed by atoms with Crippen LogP contribution in [-0.4, -0.2) is 17.1 Å². The van der Waals surface area contributed by atoms with Gasteiger partial charge in [0.05, 0.1) is 5.56 Å².